The number of nitrogens with zero attached hydrogens (tertiary/aromatic N) is 3. The third-order valence-electron chi connectivity index (χ3n) is 4.36. The molecule has 0 spiro atoms. The van der Waals surface area contributed by atoms with Crippen molar-refractivity contribution in [1.82, 2.24) is 9.78 Å². The molecule has 5 nitrogen and oxygen atoms in total. The predicted octanol–water partition coefficient (Wildman–Crippen LogP) is 7.07. The first-order chi connectivity index (χ1) is 13.9. The van der Waals surface area contributed by atoms with Crippen LogP contribution in [0, 0.1) is 10.1 Å². The SMILES string of the molecule is O=[N+]([O-])c1cc(-n2nc(-c3ccc(Cl)cc3)cc2-c2ccc(Cl)cc2)ccc1Cl. The second-order valence-electron chi connectivity index (χ2n) is 6.23. The first-order valence-corrected chi connectivity index (χ1v) is 9.62. The Kier molecular flexibility index (Phi) is 5.28. The quantitative estimate of drug-likeness (QED) is 0.250. The van der Waals surface area contributed by atoms with E-state index in [2.05, 4.69) is 5.10 Å². The van der Waals surface area contributed by atoms with Gasteiger partial charge in [0, 0.05) is 27.2 Å². The summed E-state index contributed by atoms with van der Waals surface area (Å²) < 4.78 is 1.65. The minimum absolute atomic E-state index is 0.0665. The molecule has 0 saturated carbocycles. The predicted molar refractivity (Wildman–Crippen MR) is 116 cm³/mol. The van der Waals surface area contributed by atoms with Crippen LogP contribution in [-0.4, -0.2) is 14.7 Å². The third-order valence-corrected chi connectivity index (χ3v) is 5.18. The van der Waals surface area contributed by atoms with Crippen molar-refractivity contribution >= 4 is 40.5 Å². The highest BCUT2D eigenvalue weighted by molar-refractivity contribution is 6.32. The molecule has 1 heterocycles. The van der Waals surface area contributed by atoms with Crippen molar-refractivity contribution in [3.63, 3.8) is 0 Å². The Morgan fingerprint density at radius 3 is 1.97 bits per heavy atom. The molecule has 29 heavy (non-hydrogen) atoms. The van der Waals surface area contributed by atoms with Crippen molar-refractivity contribution in [2.75, 3.05) is 0 Å². The van der Waals surface area contributed by atoms with Gasteiger partial charge in [0.15, 0.2) is 0 Å². The van der Waals surface area contributed by atoms with Gasteiger partial charge in [0.2, 0.25) is 0 Å². The lowest BCUT2D eigenvalue weighted by Crippen LogP contribution is -2.01. The average molecular weight is 445 g/mol. The van der Waals surface area contributed by atoms with Gasteiger partial charge in [-0.2, -0.15) is 5.10 Å². The van der Waals surface area contributed by atoms with E-state index in [1.165, 1.54) is 12.1 Å². The molecule has 0 aliphatic carbocycles. The van der Waals surface area contributed by atoms with Crippen LogP contribution in [0.15, 0.2) is 72.8 Å². The minimum atomic E-state index is -0.516. The molecule has 0 bridgehead atoms. The van der Waals surface area contributed by atoms with E-state index in [1.807, 2.05) is 30.3 Å². The van der Waals surface area contributed by atoms with E-state index in [0.29, 0.717) is 21.4 Å². The molecule has 0 saturated heterocycles. The van der Waals surface area contributed by atoms with Gasteiger partial charge in [-0.15, -0.1) is 0 Å². The Bertz CT molecular complexity index is 1200. The van der Waals surface area contributed by atoms with Crippen LogP contribution in [0.3, 0.4) is 0 Å². The van der Waals surface area contributed by atoms with Crippen LogP contribution in [-0.2, 0) is 0 Å². The topological polar surface area (TPSA) is 61.0 Å². The van der Waals surface area contributed by atoms with Gasteiger partial charge in [-0.05, 0) is 42.5 Å². The molecule has 144 valence electrons. The Labute approximate surface area is 181 Å². The van der Waals surface area contributed by atoms with E-state index in [9.17, 15) is 10.1 Å². The lowest BCUT2D eigenvalue weighted by Gasteiger charge is -2.08. The van der Waals surface area contributed by atoms with Crippen molar-refractivity contribution < 1.29 is 4.92 Å². The third kappa shape index (κ3) is 3.98. The molecule has 0 amide bonds. The van der Waals surface area contributed by atoms with E-state index in [-0.39, 0.29) is 10.7 Å². The maximum Gasteiger partial charge on any atom is 0.290 e. The lowest BCUT2D eigenvalue weighted by atomic mass is 10.1. The van der Waals surface area contributed by atoms with E-state index >= 15 is 0 Å². The number of halogens is 3. The Balaban J connectivity index is 1.92. The van der Waals surface area contributed by atoms with E-state index in [0.717, 1.165) is 16.8 Å². The molecule has 4 rings (SSSR count). The summed E-state index contributed by atoms with van der Waals surface area (Å²) in [7, 11) is 0. The molecular formula is C21H12Cl3N3O2. The summed E-state index contributed by atoms with van der Waals surface area (Å²) in [5.41, 5.74) is 3.51. The van der Waals surface area contributed by atoms with Gasteiger partial charge in [0.25, 0.3) is 5.69 Å². The molecule has 3 aromatic carbocycles. The number of nitro groups is 1. The van der Waals surface area contributed by atoms with E-state index < -0.39 is 4.92 Å². The summed E-state index contributed by atoms with van der Waals surface area (Å²) in [6.07, 6.45) is 0. The molecule has 0 aliphatic heterocycles. The second kappa shape index (κ2) is 7.87. The fourth-order valence-electron chi connectivity index (χ4n) is 2.94. The van der Waals surface area contributed by atoms with Crippen LogP contribution in [0.5, 0.6) is 0 Å². The van der Waals surface area contributed by atoms with Crippen molar-refractivity contribution in [3.05, 3.63) is 98.0 Å². The van der Waals surface area contributed by atoms with Crippen LogP contribution < -0.4 is 0 Å². The Morgan fingerprint density at radius 2 is 1.38 bits per heavy atom. The first kappa shape index (κ1) is 19.5. The van der Waals surface area contributed by atoms with Gasteiger partial charge >= 0.3 is 0 Å². The van der Waals surface area contributed by atoms with Crippen molar-refractivity contribution in [2.24, 2.45) is 0 Å². The average Bonchev–Trinajstić information content (AvgIpc) is 3.14. The maximum atomic E-state index is 11.3. The standard InChI is InChI=1S/C21H12Cl3N3O2/c22-15-5-1-13(2-6-15)19-12-20(14-3-7-16(23)8-4-14)26(25-19)17-9-10-18(24)21(11-17)27(28)29/h1-12H. The molecule has 0 fully saturated rings. The molecule has 0 unspecified atom stereocenters. The van der Waals surface area contributed by atoms with Gasteiger partial charge in [0.1, 0.15) is 5.02 Å². The van der Waals surface area contributed by atoms with Crippen LogP contribution in [0.25, 0.3) is 28.2 Å². The molecule has 1 aromatic heterocycles. The van der Waals surface area contributed by atoms with Crippen LogP contribution in [0.4, 0.5) is 5.69 Å². The number of rotatable bonds is 4. The van der Waals surface area contributed by atoms with E-state index in [4.69, 9.17) is 34.8 Å². The normalized spacial score (nSPS) is 10.9. The van der Waals surface area contributed by atoms with Crippen molar-refractivity contribution in [2.45, 2.75) is 0 Å². The van der Waals surface area contributed by atoms with Crippen molar-refractivity contribution in [3.8, 4) is 28.2 Å². The molecular weight excluding hydrogens is 433 g/mol. The summed E-state index contributed by atoms with van der Waals surface area (Å²) >= 11 is 18.0. The molecule has 8 heteroatoms. The zero-order valence-corrected chi connectivity index (χ0v) is 17.0. The fraction of sp³-hybridized carbons (Fsp3) is 0. The highest BCUT2D eigenvalue weighted by Crippen LogP contribution is 2.33. The molecule has 4 aromatic rings. The second-order valence-corrected chi connectivity index (χ2v) is 7.51. The molecule has 0 aliphatic rings. The van der Waals surface area contributed by atoms with Gasteiger partial charge in [0.05, 0.1) is 22.0 Å². The number of hydrogen-bond acceptors (Lipinski definition) is 3. The molecule has 0 N–H and O–H groups in total. The first-order valence-electron chi connectivity index (χ1n) is 8.48. The number of nitro benzene ring substituents is 1. The summed E-state index contributed by atoms with van der Waals surface area (Å²) in [6.45, 7) is 0. The zero-order valence-electron chi connectivity index (χ0n) is 14.7. The van der Waals surface area contributed by atoms with Gasteiger partial charge in [-0.3, -0.25) is 10.1 Å². The Hall–Kier alpha value is -2.86. The summed E-state index contributed by atoms with van der Waals surface area (Å²) in [5.74, 6) is 0. The maximum absolute atomic E-state index is 11.3. The largest absolute Gasteiger partial charge is 0.290 e. The number of benzene rings is 3. The van der Waals surface area contributed by atoms with Crippen molar-refractivity contribution in [1.29, 1.82) is 0 Å². The summed E-state index contributed by atoms with van der Waals surface area (Å²) in [5, 5.41) is 17.3. The summed E-state index contributed by atoms with van der Waals surface area (Å²) in [4.78, 5) is 10.8. The highest BCUT2D eigenvalue weighted by Gasteiger charge is 2.18. The van der Waals surface area contributed by atoms with Gasteiger partial charge < -0.3 is 0 Å². The smallest absolute Gasteiger partial charge is 0.258 e. The van der Waals surface area contributed by atoms with Crippen LogP contribution >= 0.6 is 34.8 Å². The van der Waals surface area contributed by atoms with Gasteiger partial charge in [-0.1, -0.05) is 59.1 Å². The lowest BCUT2D eigenvalue weighted by molar-refractivity contribution is -0.384. The van der Waals surface area contributed by atoms with Gasteiger partial charge in [-0.25, -0.2) is 4.68 Å². The summed E-state index contributed by atoms with van der Waals surface area (Å²) in [6, 6.07) is 21.1. The molecule has 0 atom stereocenters. The fourth-order valence-corrected chi connectivity index (χ4v) is 3.38. The van der Waals surface area contributed by atoms with E-state index in [1.54, 1.807) is 35.0 Å². The molecule has 0 radical (unpaired) electrons. The number of hydrogen-bond donors (Lipinski definition) is 0. The highest BCUT2D eigenvalue weighted by atomic mass is 35.5. The number of aromatic nitrogens is 2. The van der Waals surface area contributed by atoms with Crippen LogP contribution in [0.2, 0.25) is 15.1 Å². The minimum Gasteiger partial charge on any atom is -0.258 e. The van der Waals surface area contributed by atoms with Crippen LogP contribution in [0.1, 0.15) is 0 Å². The Morgan fingerprint density at radius 1 is 0.793 bits per heavy atom. The zero-order chi connectivity index (χ0) is 20.5. The monoisotopic (exact) mass is 443 g/mol.